The van der Waals surface area contributed by atoms with Crippen LogP contribution in [0.4, 0.5) is 5.69 Å². The van der Waals surface area contributed by atoms with Crippen molar-refractivity contribution in [1.29, 1.82) is 0 Å². The van der Waals surface area contributed by atoms with Gasteiger partial charge in [0.15, 0.2) is 6.10 Å². The van der Waals surface area contributed by atoms with E-state index < -0.39 is 6.10 Å². The second kappa shape index (κ2) is 9.71. The van der Waals surface area contributed by atoms with E-state index in [4.69, 9.17) is 16.3 Å². The van der Waals surface area contributed by atoms with Crippen LogP contribution in [0.2, 0.25) is 5.02 Å². The van der Waals surface area contributed by atoms with E-state index in [1.54, 1.807) is 22.4 Å². The number of thiazole rings is 1. The van der Waals surface area contributed by atoms with Crippen LogP contribution in [-0.4, -0.2) is 35.5 Å². The van der Waals surface area contributed by atoms with Crippen LogP contribution in [0.1, 0.15) is 37.2 Å². The molecule has 2 aromatic carbocycles. The van der Waals surface area contributed by atoms with Crippen molar-refractivity contribution in [1.82, 2.24) is 10.3 Å². The van der Waals surface area contributed by atoms with Crippen LogP contribution in [0, 0.1) is 0 Å². The number of fused-ring (bicyclic) bond motifs is 1. The Hall–Kier alpha value is -2.90. The molecular formula is C24H24ClN3O3S. The van der Waals surface area contributed by atoms with Crippen LogP contribution < -0.4 is 15.0 Å². The fourth-order valence-corrected chi connectivity index (χ4v) is 4.60. The Kier molecular flexibility index (Phi) is 6.77. The Labute approximate surface area is 196 Å². The molecule has 32 heavy (non-hydrogen) atoms. The van der Waals surface area contributed by atoms with Crippen molar-refractivity contribution in [3.63, 3.8) is 0 Å². The molecule has 0 spiro atoms. The van der Waals surface area contributed by atoms with Gasteiger partial charge in [-0.3, -0.25) is 14.5 Å². The van der Waals surface area contributed by atoms with Crippen molar-refractivity contribution in [2.24, 2.45) is 0 Å². The highest BCUT2D eigenvalue weighted by Gasteiger charge is 2.35. The van der Waals surface area contributed by atoms with Gasteiger partial charge in [-0.1, -0.05) is 49.7 Å². The van der Waals surface area contributed by atoms with Gasteiger partial charge in [0.1, 0.15) is 16.5 Å². The fraction of sp³-hybridized carbons (Fsp3) is 0.292. The summed E-state index contributed by atoms with van der Waals surface area (Å²) in [5.74, 6) is 0.0107. The van der Waals surface area contributed by atoms with Gasteiger partial charge in [-0.25, -0.2) is 4.98 Å². The molecule has 1 aliphatic heterocycles. The molecule has 1 N–H and O–H groups in total. The number of nitrogens with zero attached hydrogens (tertiary/aromatic N) is 2. The van der Waals surface area contributed by atoms with Crippen molar-refractivity contribution >= 4 is 40.4 Å². The van der Waals surface area contributed by atoms with Crippen molar-refractivity contribution in [2.45, 2.75) is 38.8 Å². The maximum Gasteiger partial charge on any atom is 0.278 e. The van der Waals surface area contributed by atoms with E-state index in [9.17, 15) is 9.59 Å². The minimum absolute atomic E-state index is 0.0752. The number of benzene rings is 2. The molecule has 0 saturated heterocycles. The third-order valence-corrected chi connectivity index (χ3v) is 6.56. The predicted octanol–water partition coefficient (Wildman–Crippen LogP) is 5.18. The Bertz CT molecular complexity index is 1130. The molecule has 0 unspecified atom stereocenters. The fourth-order valence-electron chi connectivity index (χ4n) is 3.61. The van der Waals surface area contributed by atoms with E-state index in [2.05, 4.69) is 10.3 Å². The average Bonchev–Trinajstić information content (AvgIpc) is 3.31. The molecule has 0 fully saturated rings. The number of aromatic nitrogens is 1. The number of para-hydroxylation sites is 2. The lowest BCUT2D eigenvalue weighted by molar-refractivity contribution is -0.128. The SMILES string of the molecule is CCC(CC)NC(=O)[C@@H]1CN(C(=O)c2csc(-c3cccc(Cl)c3)n2)c2ccccc2O1. The van der Waals surface area contributed by atoms with Gasteiger partial charge in [0.05, 0.1) is 12.2 Å². The van der Waals surface area contributed by atoms with E-state index in [1.165, 1.54) is 11.3 Å². The summed E-state index contributed by atoms with van der Waals surface area (Å²) in [7, 11) is 0. The van der Waals surface area contributed by atoms with Gasteiger partial charge in [-0.15, -0.1) is 11.3 Å². The van der Waals surface area contributed by atoms with Gasteiger partial charge >= 0.3 is 0 Å². The summed E-state index contributed by atoms with van der Waals surface area (Å²) in [4.78, 5) is 32.4. The number of hydrogen-bond donors (Lipinski definition) is 1. The Morgan fingerprint density at radius 3 is 2.75 bits per heavy atom. The first-order valence-corrected chi connectivity index (χ1v) is 11.8. The second-order valence-corrected chi connectivity index (χ2v) is 8.85. The zero-order valence-corrected chi connectivity index (χ0v) is 19.4. The lowest BCUT2D eigenvalue weighted by atomic mass is 10.1. The molecule has 1 atom stereocenters. The lowest BCUT2D eigenvalue weighted by Crippen LogP contribution is -2.52. The zero-order chi connectivity index (χ0) is 22.7. The van der Waals surface area contributed by atoms with Gasteiger partial charge in [0.2, 0.25) is 0 Å². The predicted molar refractivity (Wildman–Crippen MR) is 128 cm³/mol. The Morgan fingerprint density at radius 2 is 2.00 bits per heavy atom. The number of hydrogen-bond acceptors (Lipinski definition) is 5. The van der Waals surface area contributed by atoms with Gasteiger partial charge in [0, 0.05) is 22.0 Å². The highest BCUT2D eigenvalue weighted by Crippen LogP contribution is 2.35. The third kappa shape index (κ3) is 4.64. The summed E-state index contributed by atoms with van der Waals surface area (Å²) in [6, 6.07) is 14.7. The minimum atomic E-state index is -0.791. The van der Waals surface area contributed by atoms with Crippen LogP contribution in [0.15, 0.2) is 53.9 Å². The first kappa shape index (κ1) is 22.3. The molecule has 0 bridgehead atoms. The first-order chi connectivity index (χ1) is 15.5. The van der Waals surface area contributed by atoms with Crippen LogP contribution in [0.5, 0.6) is 5.75 Å². The largest absolute Gasteiger partial charge is 0.477 e. The standard InChI is InChI=1S/C24H24ClN3O3S/c1-3-17(4-2)26-22(29)21-13-28(19-10-5-6-11-20(19)31-21)24(30)18-14-32-23(27-18)15-8-7-9-16(25)12-15/h5-12,14,17,21H,3-4,13H2,1-2H3,(H,26,29)/t21-/m0/s1. The summed E-state index contributed by atoms with van der Waals surface area (Å²) in [5.41, 5.74) is 1.80. The molecule has 4 rings (SSSR count). The van der Waals surface area contributed by atoms with Crippen LogP contribution in [-0.2, 0) is 4.79 Å². The number of halogens is 1. The van der Waals surface area contributed by atoms with Crippen LogP contribution in [0.25, 0.3) is 10.6 Å². The van der Waals surface area contributed by atoms with Crippen LogP contribution in [0.3, 0.4) is 0 Å². The van der Waals surface area contributed by atoms with Crippen molar-refractivity contribution < 1.29 is 14.3 Å². The minimum Gasteiger partial charge on any atom is -0.477 e. The van der Waals surface area contributed by atoms with E-state index in [0.717, 1.165) is 18.4 Å². The number of rotatable bonds is 6. The number of amides is 2. The molecule has 1 aliphatic rings. The molecule has 0 aliphatic carbocycles. The smallest absolute Gasteiger partial charge is 0.278 e. The van der Waals surface area contributed by atoms with Gasteiger partial charge < -0.3 is 10.1 Å². The molecule has 0 radical (unpaired) electrons. The second-order valence-electron chi connectivity index (χ2n) is 7.56. The van der Waals surface area contributed by atoms with Gasteiger partial charge in [0.25, 0.3) is 11.8 Å². The number of carbonyl (C=O) groups excluding carboxylic acids is 2. The van der Waals surface area contributed by atoms with Gasteiger partial charge in [-0.05, 0) is 37.1 Å². The lowest BCUT2D eigenvalue weighted by Gasteiger charge is -2.34. The number of carbonyl (C=O) groups is 2. The molecule has 1 aromatic heterocycles. The molecular weight excluding hydrogens is 446 g/mol. The van der Waals surface area contributed by atoms with Crippen LogP contribution >= 0.6 is 22.9 Å². The molecule has 8 heteroatoms. The highest BCUT2D eigenvalue weighted by atomic mass is 35.5. The zero-order valence-electron chi connectivity index (χ0n) is 17.9. The Balaban J connectivity index is 1.60. The number of nitrogens with one attached hydrogen (secondary N) is 1. The summed E-state index contributed by atoms with van der Waals surface area (Å²) in [6.45, 7) is 4.17. The molecule has 166 valence electrons. The molecule has 0 saturated carbocycles. The van der Waals surface area contributed by atoms with E-state index in [0.29, 0.717) is 27.2 Å². The normalized spacial score (nSPS) is 15.2. The third-order valence-electron chi connectivity index (χ3n) is 5.44. The summed E-state index contributed by atoms with van der Waals surface area (Å²) in [6.07, 6.45) is 0.874. The maximum absolute atomic E-state index is 13.4. The summed E-state index contributed by atoms with van der Waals surface area (Å²) in [5, 5.41) is 6.07. The monoisotopic (exact) mass is 469 g/mol. The molecule has 2 heterocycles. The molecule has 3 aromatic rings. The quantitative estimate of drug-likeness (QED) is 0.540. The maximum atomic E-state index is 13.4. The van der Waals surface area contributed by atoms with E-state index in [1.807, 2.05) is 50.2 Å². The number of anilines is 1. The summed E-state index contributed by atoms with van der Waals surface area (Å²) < 4.78 is 5.95. The molecule has 2 amide bonds. The van der Waals surface area contributed by atoms with Crippen molar-refractivity contribution in [3.8, 4) is 16.3 Å². The highest BCUT2D eigenvalue weighted by molar-refractivity contribution is 7.13. The molecule has 6 nitrogen and oxygen atoms in total. The Morgan fingerprint density at radius 1 is 1.22 bits per heavy atom. The van der Waals surface area contributed by atoms with Crippen molar-refractivity contribution in [3.05, 3.63) is 64.6 Å². The topological polar surface area (TPSA) is 71.5 Å². The average molecular weight is 470 g/mol. The van der Waals surface area contributed by atoms with E-state index in [-0.39, 0.29) is 24.4 Å². The van der Waals surface area contributed by atoms with Gasteiger partial charge in [-0.2, -0.15) is 0 Å². The number of ether oxygens (including phenoxy) is 1. The van der Waals surface area contributed by atoms with E-state index >= 15 is 0 Å². The summed E-state index contributed by atoms with van der Waals surface area (Å²) >= 11 is 7.47. The first-order valence-electron chi connectivity index (χ1n) is 10.6. The van der Waals surface area contributed by atoms with Crippen molar-refractivity contribution in [2.75, 3.05) is 11.4 Å².